The zero-order chi connectivity index (χ0) is 26.1. The minimum Gasteiger partial charge on any atom is -0.468 e. The smallest absolute Gasteiger partial charge is 0.334 e. The number of carbonyl (C=O) groups is 4. The molecular weight excluding hydrogens is 520 g/mol. The Labute approximate surface area is 218 Å². The van der Waals surface area contributed by atoms with Crippen LogP contribution in [-0.2, 0) is 28.7 Å². The number of rotatable bonds is 10. The van der Waals surface area contributed by atoms with Crippen LogP contribution in [0, 0.1) is 5.82 Å². The summed E-state index contributed by atoms with van der Waals surface area (Å²) in [5, 5.41) is -0.691. The van der Waals surface area contributed by atoms with Gasteiger partial charge in [-0.3, -0.25) is 14.4 Å². The van der Waals surface area contributed by atoms with Crippen molar-refractivity contribution in [3.8, 4) is 0 Å². The van der Waals surface area contributed by atoms with Crippen LogP contribution in [0.1, 0.15) is 52.4 Å². The SMILES string of the molecule is CCCCOC(=O)C1=C(C(=O)N(C(=O)CCl)c2cc(SC(C)C(=O)OC)c(Cl)cc2F)CCCC1. The van der Waals surface area contributed by atoms with E-state index in [1.807, 2.05) is 6.92 Å². The summed E-state index contributed by atoms with van der Waals surface area (Å²) in [4.78, 5) is 51.7. The summed E-state index contributed by atoms with van der Waals surface area (Å²) in [7, 11) is 1.24. The average molecular weight is 548 g/mol. The molecule has 0 saturated heterocycles. The molecule has 0 radical (unpaired) electrons. The highest BCUT2D eigenvalue weighted by Gasteiger charge is 2.33. The Morgan fingerprint density at radius 1 is 1.17 bits per heavy atom. The number of halogens is 3. The molecule has 1 unspecified atom stereocenters. The van der Waals surface area contributed by atoms with Crippen molar-refractivity contribution in [3.63, 3.8) is 0 Å². The number of methoxy groups -OCH3 is 1. The van der Waals surface area contributed by atoms with E-state index >= 15 is 4.39 Å². The molecule has 1 aromatic carbocycles. The van der Waals surface area contributed by atoms with E-state index in [9.17, 15) is 19.2 Å². The van der Waals surface area contributed by atoms with Gasteiger partial charge < -0.3 is 9.47 Å². The summed E-state index contributed by atoms with van der Waals surface area (Å²) >= 11 is 12.9. The Morgan fingerprint density at radius 3 is 2.43 bits per heavy atom. The molecule has 2 amide bonds. The Bertz CT molecular complexity index is 1020. The van der Waals surface area contributed by atoms with Crippen LogP contribution in [0.3, 0.4) is 0 Å². The van der Waals surface area contributed by atoms with Crippen LogP contribution in [0.5, 0.6) is 0 Å². The molecule has 1 aliphatic rings. The molecule has 0 heterocycles. The Hall–Kier alpha value is -2.10. The van der Waals surface area contributed by atoms with Gasteiger partial charge >= 0.3 is 11.9 Å². The van der Waals surface area contributed by atoms with E-state index in [1.54, 1.807) is 6.92 Å². The van der Waals surface area contributed by atoms with Gasteiger partial charge in [0.15, 0.2) is 0 Å². The third kappa shape index (κ3) is 7.44. The molecule has 0 spiro atoms. The number of carbonyl (C=O) groups excluding carboxylic acids is 4. The number of alkyl halides is 1. The summed E-state index contributed by atoms with van der Waals surface area (Å²) < 4.78 is 25.0. The van der Waals surface area contributed by atoms with E-state index in [2.05, 4.69) is 0 Å². The summed E-state index contributed by atoms with van der Waals surface area (Å²) in [6, 6.07) is 2.17. The number of benzene rings is 1. The van der Waals surface area contributed by atoms with E-state index in [4.69, 9.17) is 32.7 Å². The number of thioether (sulfide) groups is 1. The standard InChI is InChI=1S/C24H28Cl2FNO6S/c1-4-5-10-34-24(32)16-9-7-6-8-15(16)22(30)28(21(29)13-25)19-12-20(17(26)11-18(19)27)35-14(2)23(31)33-3/h11-12,14H,4-10,13H2,1-3H3. The number of hydrogen-bond acceptors (Lipinski definition) is 7. The molecule has 0 fully saturated rings. The van der Waals surface area contributed by atoms with Crippen LogP contribution in [0.25, 0.3) is 0 Å². The Balaban J connectivity index is 2.52. The number of unbranched alkanes of at least 4 members (excludes halogenated alkanes) is 1. The highest BCUT2D eigenvalue weighted by Crippen LogP contribution is 2.37. The van der Waals surface area contributed by atoms with Crippen molar-refractivity contribution in [1.82, 2.24) is 0 Å². The molecule has 1 aliphatic carbocycles. The first-order valence-corrected chi connectivity index (χ1v) is 13.0. The van der Waals surface area contributed by atoms with Gasteiger partial charge in [0.25, 0.3) is 5.91 Å². The van der Waals surface area contributed by atoms with Gasteiger partial charge in [-0.1, -0.05) is 24.9 Å². The van der Waals surface area contributed by atoms with Gasteiger partial charge in [0.1, 0.15) is 16.9 Å². The number of anilines is 1. The number of imide groups is 1. The first kappa shape index (κ1) is 29.1. The van der Waals surface area contributed by atoms with Gasteiger partial charge in [-0.25, -0.2) is 14.1 Å². The van der Waals surface area contributed by atoms with Gasteiger partial charge in [-0.05, 0) is 51.2 Å². The maximum absolute atomic E-state index is 15.0. The Morgan fingerprint density at radius 2 is 1.83 bits per heavy atom. The fourth-order valence-corrected chi connectivity index (χ4v) is 4.83. The molecule has 0 saturated carbocycles. The summed E-state index contributed by atoms with van der Waals surface area (Å²) in [6.07, 6.45) is 3.37. The minimum atomic E-state index is -0.930. The van der Waals surface area contributed by atoms with Crippen LogP contribution in [0.4, 0.5) is 10.1 Å². The molecule has 2 rings (SSSR count). The number of esters is 2. The van der Waals surface area contributed by atoms with Crippen LogP contribution < -0.4 is 4.90 Å². The third-order valence-corrected chi connectivity index (χ3v) is 7.14. The van der Waals surface area contributed by atoms with Gasteiger partial charge in [0, 0.05) is 16.0 Å². The lowest BCUT2D eigenvalue weighted by atomic mass is 9.90. The first-order valence-electron chi connectivity index (χ1n) is 11.2. The van der Waals surface area contributed by atoms with E-state index < -0.39 is 40.7 Å². The fraction of sp³-hybridized carbons (Fsp3) is 0.500. The van der Waals surface area contributed by atoms with Gasteiger partial charge in [-0.2, -0.15) is 0 Å². The number of hydrogen-bond donors (Lipinski definition) is 0. The van der Waals surface area contributed by atoms with E-state index in [1.165, 1.54) is 13.2 Å². The van der Waals surface area contributed by atoms with Crippen LogP contribution in [0.2, 0.25) is 5.02 Å². The quantitative estimate of drug-likeness (QED) is 0.166. The second-order valence-electron chi connectivity index (χ2n) is 7.84. The summed E-state index contributed by atoms with van der Waals surface area (Å²) in [5.41, 5.74) is -0.0860. The second kappa shape index (κ2) is 13.8. The van der Waals surface area contributed by atoms with Crippen LogP contribution in [0.15, 0.2) is 28.2 Å². The lowest BCUT2D eigenvalue weighted by Crippen LogP contribution is -2.40. The molecule has 0 aliphatic heterocycles. The molecule has 35 heavy (non-hydrogen) atoms. The molecular formula is C24H28Cl2FNO6S. The third-order valence-electron chi connectivity index (χ3n) is 5.35. The van der Waals surface area contributed by atoms with Crippen molar-refractivity contribution in [1.29, 1.82) is 0 Å². The Kier molecular flexibility index (Phi) is 11.5. The predicted molar refractivity (Wildman–Crippen MR) is 133 cm³/mol. The molecule has 1 atom stereocenters. The predicted octanol–water partition coefficient (Wildman–Crippen LogP) is 5.45. The van der Waals surface area contributed by atoms with Crippen molar-refractivity contribution in [2.45, 2.75) is 62.5 Å². The van der Waals surface area contributed by atoms with Crippen molar-refractivity contribution in [2.24, 2.45) is 0 Å². The largest absolute Gasteiger partial charge is 0.468 e. The first-order chi connectivity index (χ1) is 16.7. The highest BCUT2D eigenvalue weighted by molar-refractivity contribution is 8.00. The van der Waals surface area contributed by atoms with Crippen molar-refractivity contribution < 1.29 is 33.0 Å². The van der Waals surface area contributed by atoms with Gasteiger partial charge in [0.05, 0.1) is 24.4 Å². The second-order valence-corrected chi connectivity index (χ2v) is 9.90. The van der Waals surface area contributed by atoms with E-state index in [0.717, 1.165) is 24.2 Å². The molecule has 0 aromatic heterocycles. The van der Waals surface area contributed by atoms with Gasteiger partial charge in [-0.15, -0.1) is 23.4 Å². The molecule has 1 aromatic rings. The normalized spacial score (nSPS) is 14.3. The van der Waals surface area contributed by atoms with Gasteiger partial charge in [0.2, 0.25) is 5.91 Å². The van der Waals surface area contributed by atoms with Crippen molar-refractivity contribution in [2.75, 3.05) is 24.5 Å². The molecule has 0 bridgehead atoms. The summed E-state index contributed by atoms with van der Waals surface area (Å²) in [6.45, 7) is 3.75. The maximum atomic E-state index is 15.0. The van der Waals surface area contributed by atoms with E-state index in [-0.39, 0.29) is 39.8 Å². The monoisotopic (exact) mass is 547 g/mol. The molecule has 192 valence electrons. The van der Waals surface area contributed by atoms with Crippen molar-refractivity contribution in [3.05, 3.63) is 34.1 Å². The number of nitrogens with zero attached hydrogens (tertiary/aromatic N) is 1. The highest BCUT2D eigenvalue weighted by atomic mass is 35.5. The topological polar surface area (TPSA) is 90.0 Å². The fourth-order valence-electron chi connectivity index (χ4n) is 3.50. The molecule has 0 N–H and O–H groups in total. The minimum absolute atomic E-state index is 0.00482. The number of amides is 2. The van der Waals surface area contributed by atoms with E-state index in [0.29, 0.717) is 30.6 Å². The molecule has 7 nitrogen and oxygen atoms in total. The van der Waals surface area contributed by atoms with Crippen LogP contribution in [-0.4, -0.2) is 48.6 Å². The zero-order valence-electron chi connectivity index (χ0n) is 19.8. The zero-order valence-corrected chi connectivity index (χ0v) is 22.2. The molecule has 11 heteroatoms. The lowest BCUT2D eigenvalue weighted by Gasteiger charge is -2.26. The number of ether oxygens (including phenoxy) is 2. The maximum Gasteiger partial charge on any atom is 0.334 e. The average Bonchev–Trinajstić information content (AvgIpc) is 2.85. The lowest BCUT2D eigenvalue weighted by molar-refractivity contribution is -0.140. The van der Waals surface area contributed by atoms with Crippen molar-refractivity contribution >= 4 is 64.4 Å². The van der Waals surface area contributed by atoms with Crippen LogP contribution >= 0.6 is 35.0 Å². The summed E-state index contributed by atoms with van der Waals surface area (Å²) in [5.74, 6) is -4.37.